The number of nitrogens with zero attached hydrogens (tertiary/aromatic N) is 1. The number of carbonyl (C=O) groups is 1. The molecule has 0 aromatic heterocycles. The molecule has 0 aliphatic carbocycles. The lowest BCUT2D eigenvalue weighted by Gasteiger charge is -2.17. The summed E-state index contributed by atoms with van der Waals surface area (Å²) >= 11 is 5.77. The predicted molar refractivity (Wildman–Crippen MR) is 104 cm³/mol. The molecule has 0 spiro atoms. The normalized spacial score (nSPS) is 11.1. The summed E-state index contributed by atoms with van der Waals surface area (Å²) in [4.78, 5) is 13.8. The zero-order valence-electron chi connectivity index (χ0n) is 15.2. The molecule has 0 heterocycles. The second-order valence-electron chi connectivity index (χ2n) is 5.86. The van der Waals surface area contributed by atoms with E-state index in [2.05, 4.69) is 0 Å². The van der Waals surface area contributed by atoms with Gasteiger partial charge in [-0.3, -0.25) is 4.79 Å². The lowest BCUT2D eigenvalue weighted by atomic mass is 10.3. The van der Waals surface area contributed by atoms with Gasteiger partial charge in [-0.2, -0.15) is 0 Å². The van der Waals surface area contributed by atoms with Crippen molar-refractivity contribution in [1.29, 1.82) is 0 Å². The monoisotopic (exact) mass is 411 g/mol. The van der Waals surface area contributed by atoms with Gasteiger partial charge >= 0.3 is 0 Å². The first-order valence-corrected chi connectivity index (χ1v) is 10.3. The van der Waals surface area contributed by atoms with Crippen molar-refractivity contribution in [1.82, 2.24) is 4.90 Å². The van der Waals surface area contributed by atoms with Crippen molar-refractivity contribution in [3.63, 3.8) is 0 Å². The molecule has 2 aromatic carbocycles. The Bertz CT molecular complexity index is 851. The standard InChI is InChI=1S/C19H22ClNO5S/c1-21(12-13-26-17-7-5-16(25-2)6-8-17)19(22)11-14-27(23,24)18-9-3-15(20)4-10-18/h3-10H,11-14H2,1-2H3. The van der Waals surface area contributed by atoms with Crippen molar-refractivity contribution in [2.45, 2.75) is 11.3 Å². The Kier molecular flexibility index (Phi) is 7.50. The minimum atomic E-state index is -3.53. The Hall–Kier alpha value is -2.25. The minimum Gasteiger partial charge on any atom is -0.497 e. The Morgan fingerprint density at radius 2 is 1.63 bits per heavy atom. The van der Waals surface area contributed by atoms with Gasteiger partial charge in [0.05, 0.1) is 24.3 Å². The average Bonchev–Trinajstić information content (AvgIpc) is 2.67. The highest BCUT2D eigenvalue weighted by atomic mass is 35.5. The molecular weight excluding hydrogens is 390 g/mol. The summed E-state index contributed by atoms with van der Waals surface area (Å²) < 4.78 is 35.2. The van der Waals surface area contributed by atoms with Gasteiger partial charge in [0.25, 0.3) is 0 Å². The Balaban J connectivity index is 1.78. The van der Waals surface area contributed by atoms with E-state index in [0.29, 0.717) is 23.9 Å². The number of hydrogen-bond donors (Lipinski definition) is 0. The molecule has 0 saturated heterocycles. The molecule has 2 aromatic rings. The van der Waals surface area contributed by atoms with Crippen LogP contribution < -0.4 is 9.47 Å². The maximum absolute atomic E-state index is 12.3. The van der Waals surface area contributed by atoms with Gasteiger partial charge < -0.3 is 14.4 Å². The summed E-state index contributed by atoms with van der Waals surface area (Å²) in [5, 5.41) is 0.460. The van der Waals surface area contributed by atoms with Gasteiger partial charge in [0, 0.05) is 18.5 Å². The highest BCUT2D eigenvalue weighted by Crippen LogP contribution is 2.17. The average molecular weight is 412 g/mol. The third-order valence-corrected chi connectivity index (χ3v) is 5.92. The predicted octanol–water partition coefficient (Wildman–Crippen LogP) is 3.05. The number of carbonyl (C=O) groups excluding carboxylic acids is 1. The molecule has 0 aliphatic rings. The van der Waals surface area contributed by atoms with E-state index in [1.165, 1.54) is 29.2 Å². The maximum Gasteiger partial charge on any atom is 0.223 e. The number of ether oxygens (including phenoxy) is 2. The summed E-state index contributed by atoms with van der Waals surface area (Å²) in [6.45, 7) is 0.657. The van der Waals surface area contributed by atoms with E-state index in [1.54, 1.807) is 38.4 Å². The van der Waals surface area contributed by atoms with E-state index in [9.17, 15) is 13.2 Å². The number of halogens is 1. The Morgan fingerprint density at radius 1 is 1.04 bits per heavy atom. The van der Waals surface area contributed by atoms with Crippen LogP contribution in [0.5, 0.6) is 11.5 Å². The van der Waals surface area contributed by atoms with Gasteiger partial charge in [0.2, 0.25) is 5.91 Å². The first kappa shape index (κ1) is 21.1. The molecule has 146 valence electrons. The number of benzene rings is 2. The smallest absolute Gasteiger partial charge is 0.223 e. The number of amides is 1. The largest absolute Gasteiger partial charge is 0.497 e. The van der Waals surface area contributed by atoms with Crippen LogP contribution in [0, 0.1) is 0 Å². The molecule has 2 rings (SSSR count). The fourth-order valence-corrected chi connectivity index (χ4v) is 3.63. The Labute approximate surface area is 164 Å². The second kappa shape index (κ2) is 9.62. The van der Waals surface area contributed by atoms with Crippen LogP contribution >= 0.6 is 11.6 Å². The summed E-state index contributed by atoms with van der Waals surface area (Å²) in [7, 11) is -0.318. The zero-order chi connectivity index (χ0) is 19.9. The van der Waals surface area contributed by atoms with Crippen LogP contribution in [0.1, 0.15) is 6.42 Å². The van der Waals surface area contributed by atoms with Gasteiger partial charge in [-0.25, -0.2) is 8.42 Å². The number of rotatable bonds is 9. The molecule has 0 fully saturated rings. The highest BCUT2D eigenvalue weighted by molar-refractivity contribution is 7.91. The van der Waals surface area contributed by atoms with E-state index >= 15 is 0 Å². The van der Waals surface area contributed by atoms with E-state index in [-0.39, 0.29) is 23.0 Å². The van der Waals surface area contributed by atoms with E-state index in [0.717, 1.165) is 5.75 Å². The van der Waals surface area contributed by atoms with Crippen molar-refractivity contribution in [3.8, 4) is 11.5 Å². The van der Waals surface area contributed by atoms with E-state index in [1.807, 2.05) is 0 Å². The number of likely N-dealkylation sites (N-methyl/N-ethyl adjacent to an activating group) is 1. The van der Waals surface area contributed by atoms with Crippen LogP contribution in [0.3, 0.4) is 0 Å². The molecule has 27 heavy (non-hydrogen) atoms. The second-order valence-corrected chi connectivity index (χ2v) is 8.41. The highest BCUT2D eigenvalue weighted by Gasteiger charge is 2.18. The topological polar surface area (TPSA) is 72.9 Å². The van der Waals surface area contributed by atoms with E-state index in [4.69, 9.17) is 21.1 Å². The van der Waals surface area contributed by atoms with E-state index < -0.39 is 9.84 Å². The van der Waals surface area contributed by atoms with Crippen LogP contribution in [-0.2, 0) is 14.6 Å². The molecule has 0 atom stereocenters. The molecule has 1 amide bonds. The Morgan fingerprint density at radius 3 is 2.22 bits per heavy atom. The maximum atomic E-state index is 12.3. The number of methoxy groups -OCH3 is 1. The van der Waals surface area contributed by atoms with Gasteiger partial charge in [-0.1, -0.05) is 11.6 Å². The summed E-state index contributed by atoms with van der Waals surface area (Å²) in [6, 6.07) is 13.0. The molecule has 0 bridgehead atoms. The van der Waals surface area contributed by atoms with Gasteiger partial charge in [0.1, 0.15) is 18.1 Å². The van der Waals surface area contributed by atoms with Crippen LogP contribution in [0.15, 0.2) is 53.4 Å². The molecule has 0 aliphatic heterocycles. The fourth-order valence-electron chi connectivity index (χ4n) is 2.27. The van der Waals surface area contributed by atoms with Crippen molar-refractivity contribution < 1.29 is 22.7 Å². The lowest BCUT2D eigenvalue weighted by Crippen LogP contribution is -2.32. The van der Waals surface area contributed by atoms with Gasteiger partial charge in [-0.15, -0.1) is 0 Å². The van der Waals surface area contributed by atoms with Crippen molar-refractivity contribution in [3.05, 3.63) is 53.6 Å². The molecular formula is C19H22ClNO5S. The first-order valence-electron chi connectivity index (χ1n) is 8.31. The molecule has 6 nitrogen and oxygen atoms in total. The SMILES string of the molecule is COc1ccc(OCCN(C)C(=O)CCS(=O)(=O)c2ccc(Cl)cc2)cc1. The van der Waals surface area contributed by atoms with Gasteiger partial charge in [-0.05, 0) is 48.5 Å². The summed E-state index contributed by atoms with van der Waals surface area (Å²) in [5.74, 6) is 0.890. The minimum absolute atomic E-state index is 0.0933. The zero-order valence-corrected chi connectivity index (χ0v) is 16.8. The molecule has 0 unspecified atom stereocenters. The third kappa shape index (κ3) is 6.45. The van der Waals surface area contributed by atoms with Crippen molar-refractivity contribution >= 4 is 27.3 Å². The number of sulfone groups is 1. The lowest BCUT2D eigenvalue weighted by molar-refractivity contribution is -0.129. The first-order chi connectivity index (χ1) is 12.8. The van der Waals surface area contributed by atoms with Crippen LogP contribution in [-0.4, -0.2) is 52.3 Å². The third-order valence-electron chi connectivity index (χ3n) is 3.94. The van der Waals surface area contributed by atoms with Gasteiger partial charge in [0.15, 0.2) is 9.84 Å². The molecule has 8 heteroatoms. The molecule has 0 saturated carbocycles. The molecule has 0 N–H and O–H groups in total. The quantitative estimate of drug-likeness (QED) is 0.634. The van der Waals surface area contributed by atoms with Crippen molar-refractivity contribution in [2.75, 3.05) is 33.1 Å². The van der Waals surface area contributed by atoms with Crippen LogP contribution in [0.2, 0.25) is 5.02 Å². The summed E-state index contributed by atoms with van der Waals surface area (Å²) in [6.07, 6.45) is -0.0933. The fraction of sp³-hybridized carbons (Fsp3) is 0.316. The van der Waals surface area contributed by atoms with Crippen LogP contribution in [0.25, 0.3) is 0 Å². The molecule has 0 radical (unpaired) electrons. The van der Waals surface area contributed by atoms with Crippen LogP contribution in [0.4, 0.5) is 0 Å². The number of hydrogen-bond acceptors (Lipinski definition) is 5. The van der Waals surface area contributed by atoms with Crippen molar-refractivity contribution in [2.24, 2.45) is 0 Å². The summed E-state index contributed by atoms with van der Waals surface area (Å²) in [5.41, 5.74) is 0.